The number of rotatable bonds is 4. The van der Waals surface area contributed by atoms with Crippen molar-refractivity contribution in [3.8, 4) is 11.5 Å². The monoisotopic (exact) mass is 406 g/mol. The molecular weight excluding hydrogens is 389 g/mol. The molecule has 6 nitrogen and oxygen atoms in total. The number of halogens is 3. The second-order valence-electron chi connectivity index (χ2n) is 7.01. The first-order valence-electron chi connectivity index (χ1n) is 8.99. The number of nitrogens with zero attached hydrogens (tertiary/aromatic N) is 1. The summed E-state index contributed by atoms with van der Waals surface area (Å²) in [4.78, 5) is 25.4. The average molecular weight is 406 g/mol. The fourth-order valence-electron chi connectivity index (χ4n) is 3.29. The lowest BCUT2D eigenvalue weighted by Crippen LogP contribution is -2.55. The zero-order chi connectivity index (χ0) is 20.7. The molecule has 0 aliphatic carbocycles. The summed E-state index contributed by atoms with van der Waals surface area (Å²) in [5.74, 6) is -3.76. The molecule has 2 amide bonds. The van der Waals surface area contributed by atoms with Gasteiger partial charge in [0.1, 0.15) is 17.7 Å². The quantitative estimate of drug-likeness (QED) is 0.848. The molecular formula is C20H17F3N2O4. The predicted octanol–water partition coefficient (Wildman–Crippen LogP) is 2.97. The van der Waals surface area contributed by atoms with Crippen LogP contribution >= 0.6 is 0 Å². The maximum Gasteiger partial charge on any atom is 0.262 e. The number of benzene rings is 2. The summed E-state index contributed by atoms with van der Waals surface area (Å²) in [5.41, 5.74) is 0.0384. The molecule has 0 radical (unpaired) electrons. The topological polar surface area (TPSA) is 67.9 Å². The molecule has 0 bridgehead atoms. The van der Waals surface area contributed by atoms with Crippen molar-refractivity contribution in [3.05, 3.63) is 53.3 Å². The Labute approximate surface area is 164 Å². The average Bonchev–Trinajstić information content (AvgIpc) is 2.63. The van der Waals surface area contributed by atoms with Crippen molar-refractivity contribution < 1.29 is 32.2 Å². The van der Waals surface area contributed by atoms with Gasteiger partial charge in [0.25, 0.3) is 11.8 Å². The first-order valence-corrected chi connectivity index (χ1v) is 8.99. The molecule has 1 saturated heterocycles. The Balaban J connectivity index is 1.41. The minimum Gasteiger partial charge on any atom is -0.484 e. The number of amides is 2. The van der Waals surface area contributed by atoms with Gasteiger partial charge in [0, 0.05) is 25.1 Å². The van der Waals surface area contributed by atoms with E-state index in [4.69, 9.17) is 9.47 Å². The van der Waals surface area contributed by atoms with E-state index in [9.17, 15) is 22.8 Å². The van der Waals surface area contributed by atoms with Gasteiger partial charge >= 0.3 is 0 Å². The Morgan fingerprint density at radius 3 is 2.59 bits per heavy atom. The third kappa shape index (κ3) is 3.59. The molecule has 0 aromatic heterocycles. The minimum absolute atomic E-state index is 0.161. The van der Waals surface area contributed by atoms with Crippen LogP contribution in [0.5, 0.6) is 11.5 Å². The number of hydrogen-bond acceptors (Lipinski definition) is 4. The van der Waals surface area contributed by atoms with Gasteiger partial charge in [-0.15, -0.1) is 0 Å². The lowest BCUT2D eigenvalue weighted by molar-refractivity contribution is -0.118. The van der Waals surface area contributed by atoms with Gasteiger partial charge in [-0.05, 0) is 25.1 Å². The molecule has 0 saturated carbocycles. The number of hydrogen-bond donors (Lipinski definition) is 1. The van der Waals surface area contributed by atoms with Crippen molar-refractivity contribution in [2.24, 2.45) is 5.92 Å². The van der Waals surface area contributed by atoms with E-state index < -0.39 is 41.1 Å². The van der Waals surface area contributed by atoms with Crippen molar-refractivity contribution in [1.82, 2.24) is 4.90 Å². The Morgan fingerprint density at radius 1 is 1.21 bits per heavy atom. The largest absolute Gasteiger partial charge is 0.484 e. The maximum absolute atomic E-state index is 14.3. The molecule has 2 aliphatic heterocycles. The van der Waals surface area contributed by atoms with Crippen molar-refractivity contribution in [2.75, 3.05) is 25.0 Å². The standard InChI is InChI=1S/C20H17F3N2O4/c1-10(29-19-13(21)3-2-4-14(19)22)11-7-25(8-11)20(27)12-5-16-17(6-15(12)23)28-9-18(26)24-16/h2-6,10-11H,7-9H2,1H3,(H,24,26). The van der Waals surface area contributed by atoms with Crippen molar-refractivity contribution in [1.29, 1.82) is 0 Å². The van der Waals surface area contributed by atoms with Crippen LogP contribution < -0.4 is 14.8 Å². The van der Waals surface area contributed by atoms with E-state index in [1.165, 1.54) is 17.0 Å². The number of anilines is 1. The van der Waals surface area contributed by atoms with Crippen molar-refractivity contribution in [2.45, 2.75) is 13.0 Å². The number of ether oxygens (including phenoxy) is 2. The third-order valence-electron chi connectivity index (χ3n) is 5.02. The summed E-state index contributed by atoms with van der Waals surface area (Å²) < 4.78 is 52.3. The van der Waals surface area contributed by atoms with E-state index >= 15 is 0 Å². The van der Waals surface area contributed by atoms with E-state index in [0.29, 0.717) is 0 Å². The summed E-state index contributed by atoms with van der Waals surface area (Å²) in [6, 6.07) is 5.75. The highest BCUT2D eigenvalue weighted by Gasteiger charge is 2.37. The molecule has 2 heterocycles. The Hall–Kier alpha value is -3.23. The van der Waals surface area contributed by atoms with Gasteiger partial charge in [-0.25, -0.2) is 13.2 Å². The van der Waals surface area contributed by atoms with Gasteiger partial charge in [-0.2, -0.15) is 0 Å². The number of nitrogens with one attached hydrogen (secondary N) is 1. The van der Waals surface area contributed by atoms with E-state index in [1.54, 1.807) is 6.92 Å². The van der Waals surface area contributed by atoms with Crippen LogP contribution in [0.15, 0.2) is 30.3 Å². The third-order valence-corrected chi connectivity index (χ3v) is 5.02. The van der Waals surface area contributed by atoms with Crippen LogP contribution in [0.4, 0.5) is 18.9 Å². The zero-order valence-corrected chi connectivity index (χ0v) is 15.4. The van der Waals surface area contributed by atoms with Gasteiger partial charge in [-0.1, -0.05) is 6.07 Å². The molecule has 1 N–H and O–H groups in total. The fourth-order valence-corrected chi connectivity index (χ4v) is 3.29. The molecule has 152 valence electrons. The molecule has 2 aromatic rings. The molecule has 4 rings (SSSR count). The van der Waals surface area contributed by atoms with Gasteiger partial charge in [0.2, 0.25) is 0 Å². The minimum atomic E-state index is -0.801. The molecule has 0 spiro atoms. The summed E-state index contributed by atoms with van der Waals surface area (Å²) in [7, 11) is 0. The van der Waals surface area contributed by atoms with Crippen molar-refractivity contribution >= 4 is 17.5 Å². The van der Waals surface area contributed by atoms with Crippen LogP contribution in [-0.4, -0.2) is 42.5 Å². The van der Waals surface area contributed by atoms with Crippen LogP contribution in [0.25, 0.3) is 0 Å². The SMILES string of the molecule is CC(Oc1c(F)cccc1F)C1CN(C(=O)c2cc3c(cc2F)OCC(=O)N3)C1. The summed E-state index contributed by atoms with van der Waals surface area (Å²) in [6.45, 7) is 1.93. The van der Waals surface area contributed by atoms with Crippen LogP contribution in [0, 0.1) is 23.4 Å². The van der Waals surface area contributed by atoms with Crippen LogP contribution in [0.3, 0.4) is 0 Å². The van der Waals surface area contributed by atoms with Crippen LogP contribution in [-0.2, 0) is 4.79 Å². The predicted molar refractivity (Wildman–Crippen MR) is 96.4 cm³/mol. The van der Waals surface area contributed by atoms with Gasteiger partial charge in [0.05, 0.1) is 11.3 Å². The second kappa shape index (κ2) is 7.31. The molecule has 1 atom stereocenters. The summed E-state index contributed by atoms with van der Waals surface area (Å²) >= 11 is 0. The number of fused-ring (bicyclic) bond motifs is 1. The summed E-state index contributed by atoms with van der Waals surface area (Å²) in [5, 5.41) is 2.53. The van der Waals surface area contributed by atoms with E-state index in [0.717, 1.165) is 18.2 Å². The van der Waals surface area contributed by atoms with Gasteiger partial charge < -0.3 is 19.7 Å². The number of carbonyl (C=O) groups is 2. The second-order valence-corrected chi connectivity index (χ2v) is 7.01. The molecule has 2 aliphatic rings. The molecule has 2 aromatic carbocycles. The smallest absolute Gasteiger partial charge is 0.262 e. The fraction of sp³-hybridized carbons (Fsp3) is 0.300. The van der Waals surface area contributed by atoms with Crippen molar-refractivity contribution in [3.63, 3.8) is 0 Å². The van der Waals surface area contributed by atoms with E-state index in [1.807, 2.05) is 0 Å². The number of likely N-dealkylation sites (tertiary alicyclic amines) is 1. The van der Waals surface area contributed by atoms with E-state index in [2.05, 4.69) is 5.32 Å². The lowest BCUT2D eigenvalue weighted by Gasteiger charge is -2.42. The van der Waals surface area contributed by atoms with Crippen LogP contribution in [0.1, 0.15) is 17.3 Å². The Morgan fingerprint density at radius 2 is 1.90 bits per heavy atom. The normalized spacial score (nSPS) is 17.0. The van der Waals surface area contributed by atoms with E-state index in [-0.39, 0.29) is 42.6 Å². The first-order chi connectivity index (χ1) is 13.8. The summed E-state index contributed by atoms with van der Waals surface area (Å²) in [6.07, 6.45) is -0.550. The lowest BCUT2D eigenvalue weighted by atomic mass is 9.93. The van der Waals surface area contributed by atoms with Gasteiger partial charge in [-0.3, -0.25) is 9.59 Å². The Kier molecular flexibility index (Phi) is 4.81. The Bertz CT molecular complexity index is 972. The number of carbonyl (C=O) groups excluding carboxylic acids is 2. The molecule has 1 unspecified atom stereocenters. The van der Waals surface area contributed by atoms with Gasteiger partial charge in [0.15, 0.2) is 24.0 Å². The molecule has 1 fully saturated rings. The zero-order valence-electron chi connectivity index (χ0n) is 15.4. The molecule has 9 heteroatoms. The first kappa shape index (κ1) is 19.1. The number of para-hydroxylation sites is 1. The highest BCUT2D eigenvalue weighted by molar-refractivity contribution is 6.00. The molecule has 29 heavy (non-hydrogen) atoms. The highest BCUT2D eigenvalue weighted by atomic mass is 19.1. The highest BCUT2D eigenvalue weighted by Crippen LogP contribution is 2.33. The maximum atomic E-state index is 14.3. The van der Waals surface area contributed by atoms with Crippen LogP contribution in [0.2, 0.25) is 0 Å².